The molecule has 0 saturated heterocycles. The number of aromatic nitrogens is 2. The first-order chi connectivity index (χ1) is 8.31. The topological polar surface area (TPSA) is 29.9 Å². The third-order valence-electron chi connectivity index (χ3n) is 4.13. The zero-order valence-corrected chi connectivity index (χ0v) is 10.8. The van der Waals surface area contributed by atoms with Gasteiger partial charge in [0.1, 0.15) is 0 Å². The maximum Gasteiger partial charge on any atom is 0.0638 e. The molecule has 2 fully saturated rings. The quantitative estimate of drug-likeness (QED) is 0.847. The van der Waals surface area contributed by atoms with Gasteiger partial charge in [-0.3, -0.25) is 4.68 Å². The minimum atomic E-state index is 0.785. The van der Waals surface area contributed by atoms with Crippen molar-refractivity contribution in [3.63, 3.8) is 0 Å². The molecular formula is C14H23N3. The van der Waals surface area contributed by atoms with E-state index in [0.29, 0.717) is 0 Å². The molecule has 0 aromatic carbocycles. The maximum absolute atomic E-state index is 4.65. The fraction of sp³-hybridized carbons (Fsp3) is 0.786. The maximum atomic E-state index is 4.65. The van der Waals surface area contributed by atoms with Gasteiger partial charge in [0.15, 0.2) is 0 Å². The molecule has 0 unspecified atom stereocenters. The highest BCUT2D eigenvalue weighted by molar-refractivity contribution is 5.15. The van der Waals surface area contributed by atoms with Crippen molar-refractivity contribution in [2.45, 2.75) is 64.6 Å². The SMILES string of the molecule is Cc1nn(CC2CCCC2)cc1CNC1CC1. The Morgan fingerprint density at radius 3 is 2.76 bits per heavy atom. The highest BCUT2D eigenvalue weighted by Gasteiger charge is 2.21. The van der Waals surface area contributed by atoms with Gasteiger partial charge in [-0.25, -0.2) is 0 Å². The van der Waals surface area contributed by atoms with Crippen LogP contribution in [0, 0.1) is 12.8 Å². The zero-order valence-electron chi connectivity index (χ0n) is 10.8. The first kappa shape index (κ1) is 11.3. The minimum Gasteiger partial charge on any atom is -0.310 e. The predicted molar refractivity (Wildman–Crippen MR) is 68.8 cm³/mol. The van der Waals surface area contributed by atoms with Crippen molar-refractivity contribution in [2.75, 3.05) is 0 Å². The van der Waals surface area contributed by atoms with E-state index in [1.54, 1.807) is 0 Å². The Balaban J connectivity index is 1.58. The lowest BCUT2D eigenvalue weighted by Crippen LogP contribution is -2.15. The van der Waals surface area contributed by atoms with Gasteiger partial charge in [0.25, 0.3) is 0 Å². The summed E-state index contributed by atoms with van der Waals surface area (Å²) in [6, 6.07) is 0.785. The fourth-order valence-corrected chi connectivity index (χ4v) is 2.83. The number of aryl methyl sites for hydroxylation is 1. The van der Waals surface area contributed by atoms with Crippen molar-refractivity contribution in [1.29, 1.82) is 0 Å². The Morgan fingerprint density at radius 1 is 1.29 bits per heavy atom. The second kappa shape index (κ2) is 4.81. The summed E-state index contributed by atoms with van der Waals surface area (Å²) in [6.07, 6.45) is 10.6. The monoisotopic (exact) mass is 233 g/mol. The third kappa shape index (κ3) is 2.89. The molecule has 3 rings (SSSR count). The summed E-state index contributed by atoms with van der Waals surface area (Å²) in [4.78, 5) is 0. The van der Waals surface area contributed by atoms with Crippen molar-refractivity contribution in [2.24, 2.45) is 5.92 Å². The second-order valence-electron chi connectivity index (χ2n) is 5.77. The van der Waals surface area contributed by atoms with Gasteiger partial charge in [0, 0.05) is 30.9 Å². The predicted octanol–water partition coefficient (Wildman–Crippen LogP) is 2.63. The number of nitrogens with one attached hydrogen (secondary N) is 1. The van der Waals surface area contributed by atoms with Crippen LogP contribution in [0.25, 0.3) is 0 Å². The van der Waals surface area contributed by atoms with Gasteiger partial charge in [0.05, 0.1) is 5.69 Å². The van der Waals surface area contributed by atoms with Gasteiger partial charge in [-0.2, -0.15) is 5.10 Å². The molecule has 0 radical (unpaired) electrons. The Labute approximate surface area is 104 Å². The smallest absolute Gasteiger partial charge is 0.0638 e. The van der Waals surface area contributed by atoms with Crippen LogP contribution < -0.4 is 5.32 Å². The molecule has 0 spiro atoms. The van der Waals surface area contributed by atoms with Crippen LogP contribution in [0.3, 0.4) is 0 Å². The van der Waals surface area contributed by atoms with E-state index >= 15 is 0 Å². The molecule has 3 nitrogen and oxygen atoms in total. The van der Waals surface area contributed by atoms with Crippen molar-refractivity contribution in [3.05, 3.63) is 17.5 Å². The van der Waals surface area contributed by atoms with Crippen LogP contribution in [0.5, 0.6) is 0 Å². The second-order valence-corrected chi connectivity index (χ2v) is 5.77. The van der Waals surface area contributed by atoms with E-state index in [0.717, 1.165) is 25.0 Å². The molecule has 17 heavy (non-hydrogen) atoms. The summed E-state index contributed by atoms with van der Waals surface area (Å²) in [5, 5.41) is 8.22. The van der Waals surface area contributed by atoms with Crippen molar-refractivity contribution >= 4 is 0 Å². The minimum absolute atomic E-state index is 0.785. The van der Waals surface area contributed by atoms with Crippen LogP contribution in [0.2, 0.25) is 0 Å². The van der Waals surface area contributed by atoms with Gasteiger partial charge in [-0.1, -0.05) is 12.8 Å². The van der Waals surface area contributed by atoms with E-state index < -0.39 is 0 Å². The van der Waals surface area contributed by atoms with Gasteiger partial charge in [-0.15, -0.1) is 0 Å². The lowest BCUT2D eigenvalue weighted by Gasteiger charge is -2.08. The Morgan fingerprint density at radius 2 is 2.06 bits per heavy atom. The Bertz CT molecular complexity index is 373. The van der Waals surface area contributed by atoms with Crippen LogP contribution in [-0.4, -0.2) is 15.8 Å². The van der Waals surface area contributed by atoms with E-state index in [4.69, 9.17) is 0 Å². The molecule has 2 aliphatic rings. The summed E-state index contributed by atoms with van der Waals surface area (Å²) >= 11 is 0. The summed E-state index contributed by atoms with van der Waals surface area (Å²) in [5.74, 6) is 0.874. The van der Waals surface area contributed by atoms with Gasteiger partial charge in [-0.05, 0) is 38.5 Å². The molecule has 94 valence electrons. The molecule has 0 aliphatic heterocycles. The third-order valence-corrected chi connectivity index (χ3v) is 4.13. The van der Waals surface area contributed by atoms with Crippen molar-refractivity contribution < 1.29 is 0 Å². The average Bonchev–Trinajstić information content (AvgIpc) is 2.88. The summed E-state index contributed by atoms with van der Waals surface area (Å²) in [7, 11) is 0. The number of hydrogen-bond acceptors (Lipinski definition) is 2. The molecule has 0 amide bonds. The summed E-state index contributed by atoms with van der Waals surface area (Å²) < 4.78 is 2.18. The largest absolute Gasteiger partial charge is 0.310 e. The number of hydrogen-bond donors (Lipinski definition) is 1. The standard InChI is InChI=1S/C14H23N3/c1-11-13(8-15-14-6-7-14)10-17(16-11)9-12-4-2-3-5-12/h10,12,14-15H,2-9H2,1H3. The van der Waals surface area contributed by atoms with Crippen LogP contribution in [0.1, 0.15) is 49.8 Å². The van der Waals surface area contributed by atoms with Gasteiger partial charge < -0.3 is 5.32 Å². The first-order valence-electron chi connectivity index (χ1n) is 7.07. The van der Waals surface area contributed by atoms with E-state index in [2.05, 4.69) is 28.2 Å². The fourth-order valence-electron chi connectivity index (χ4n) is 2.83. The molecule has 2 saturated carbocycles. The molecule has 2 aliphatic carbocycles. The summed E-state index contributed by atoms with van der Waals surface area (Å²) in [5.41, 5.74) is 2.59. The molecule has 1 aromatic heterocycles. The Hall–Kier alpha value is -0.830. The molecule has 1 heterocycles. The molecule has 0 bridgehead atoms. The normalized spacial score (nSPS) is 21.2. The highest BCUT2D eigenvalue weighted by atomic mass is 15.3. The molecular weight excluding hydrogens is 210 g/mol. The van der Waals surface area contributed by atoms with Crippen molar-refractivity contribution in [3.8, 4) is 0 Å². The van der Waals surface area contributed by atoms with Gasteiger partial charge >= 0.3 is 0 Å². The molecule has 0 atom stereocenters. The average molecular weight is 233 g/mol. The number of rotatable bonds is 5. The van der Waals surface area contributed by atoms with E-state index in [1.165, 1.54) is 49.8 Å². The van der Waals surface area contributed by atoms with Crippen LogP contribution in [-0.2, 0) is 13.1 Å². The molecule has 1 N–H and O–H groups in total. The Kier molecular flexibility index (Phi) is 3.19. The van der Waals surface area contributed by atoms with Crippen LogP contribution >= 0.6 is 0 Å². The highest BCUT2D eigenvalue weighted by Crippen LogP contribution is 2.26. The van der Waals surface area contributed by atoms with E-state index in [9.17, 15) is 0 Å². The molecule has 3 heteroatoms. The van der Waals surface area contributed by atoms with E-state index in [1.807, 2.05) is 0 Å². The van der Waals surface area contributed by atoms with Crippen molar-refractivity contribution in [1.82, 2.24) is 15.1 Å². The summed E-state index contributed by atoms with van der Waals surface area (Å²) in [6.45, 7) is 4.26. The van der Waals surface area contributed by atoms with Crippen LogP contribution in [0.15, 0.2) is 6.20 Å². The van der Waals surface area contributed by atoms with Crippen LogP contribution in [0.4, 0.5) is 0 Å². The lowest BCUT2D eigenvalue weighted by molar-refractivity contribution is 0.427. The number of nitrogens with zero attached hydrogens (tertiary/aromatic N) is 2. The van der Waals surface area contributed by atoms with E-state index in [-0.39, 0.29) is 0 Å². The zero-order chi connectivity index (χ0) is 11.7. The van der Waals surface area contributed by atoms with Gasteiger partial charge in [0.2, 0.25) is 0 Å². The first-order valence-corrected chi connectivity index (χ1v) is 7.07. The molecule has 1 aromatic rings. The lowest BCUT2D eigenvalue weighted by atomic mass is 10.1.